The van der Waals surface area contributed by atoms with Gasteiger partial charge in [-0.15, -0.1) is 0 Å². The first-order chi connectivity index (χ1) is 18.3. The first-order valence-electron chi connectivity index (χ1n) is 10.9. The molecule has 0 aliphatic heterocycles. The van der Waals surface area contributed by atoms with Gasteiger partial charge in [-0.05, 0) is 54.6 Å². The summed E-state index contributed by atoms with van der Waals surface area (Å²) in [5, 5.41) is 8.08. The van der Waals surface area contributed by atoms with Crippen molar-refractivity contribution in [2.24, 2.45) is 0 Å². The molecule has 0 saturated carbocycles. The summed E-state index contributed by atoms with van der Waals surface area (Å²) in [4.78, 5) is 17.9. The number of carbonyl (C=O) groups is 1. The normalized spacial score (nSPS) is 11.4. The number of aromatic amines is 1. The van der Waals surface area contributed by atoms with Crippen molar-refractivity contribution in [2.75, 3.05) is 0 Å². The minimum atomic E-state index is -2.35. The third-order valence-electron chi connectivity index (χ3n) is 5.36. The summed E-state index contributed by atoms with van der Waals surface area (Å²) in [6.45, 7) is 0. The van der Waals surface area contributed by atoms with Crippen LogP contribution in [0.5, 0.6) is 5.75 Å². The SMILES string of the molecule is O=C(Oc1c(F)c(F)c(F)c(F)c1F)c1ccccc1Sc1ccc2c(/C=C/c3ccccn3)n[nH]c2c1. The lowest BCUT2D eigenvalue weighted by Gasteiger charge is -2.11. The van der Waals surface area contributed by atoms with Crippen LogP contribution in [-0.2, 0) is 0 Å². The standard InChI is InChI=1S/C27H14F5N3O2S/c28-21-22(29)24(31)26(25(32)23(21)30)37-27(36)17-6-1-2-7-20(17)38-15-9-10-16-18(34-35-19(16)13-15)11-8-14-5-3-4-12-33-14/h1-13H,(H,34,35)/b11-8+. The monoisotopic (exact) mass is 539 g/mol. The number of carbonyl (C=O) groups excluding carboxylic acids is 1. The van der Waals surface area contributed by atoms with E-state index in [4.69, 9.17) is 0 Å². The molecule has 0 aliphatic carbocycles. The minimum absolute atomic E-state index is 0.134. The molecule has 0 fully saturated rings. The van der Waals surface area contributed by atoms with Gasteiger partial charge in [0.25, 0.3) is 0 Å². The molecule has 5 aromatic rings. The Morgan fingerprint density at radius 2 is 1.55 bits per heavy atom. The van der Waals surface area contributed by atoms with Gasteiger partial charge in [0, 0.05) is 21.4 Å². The molecule has 0 radical (unpaired) electrons. The van der Waals surface area contributed by atoms with E-state index in [0.717, 1.165) is 22.8 Å². The lowest BCUT2D eigenvalue weighted by molar-refractivity contribution is 0.0712. The van der Waals surface area contributed by atoms with Crippen molar-refractivity contribution in [3.8, 4) is 5.75 Å². The molecule has 190 valence electrons. The second-order valence-corrected chi connectivity index (χ2v) is 8.91. The summed E-state index contributed by atoms with van der Waals surface area (Å²) < 4.78 is 73.0. The van der Waals surface area contributed by atoms with Crippen LogP contribution in [0.15, 0.2) is 76.7 Å². The Labute approximate surface area is 216 Å². The smallest absolute Gasteiger partial charge is 0.344 e. The highest BCUT2D eigenvalue weighted by Gasteiger charge is 2.29. The first kappa shape index (κ1) is 25.2. The van der Waals surface area contributed by atoms with Crippen LogP contribution in [0.25, 0.3) is 23.1 Å². The number of fused-ring (bicyclic) bond motifs is 1. The van der Waals surface area contributed by atoms with E-state index < -0.39 is 40.8 Å². The number of esters is 1. The molecule has 0 bridgehead atoms. The summed E-state index contributed by atoms with van der Waals surface area (Å²) >= 11 is 1.13. The van der Waals surface area contributed by atoms with E-state index in [1.54, 1.807) is 30.5 Å². The van der Waals surface area contributed by atoms with Crippen molar-refractivity contribution in [3.05, 3.63) is 113 Å². The van der Waals surface area contributed by atoms with Gasteiger partial charge in [-0.1, -0.05) is 30.0 Å². The van der Waals surface area contributed by atoms with Crippen LogP contribution in [0.2, 0.25) is 0 Å². The number of ether oxygens (including phenoxy) is 1. The summed E-state index contributed by atoms with van der Waals surface area (Å²) in [6.07, 6.45) is 5.33. The topological polar surface area (TPSA) is 67.9 Å². The molecule has 0 amide bonds. The second-order valence-electron chi connectivity index (χ2n) is 7.79. The minimum Gasteiger partial charge on any atom is -0.416 e. The Bertz CT molecular complexity index is 1680. The zero-order valence-corrected chi connectivity index (χ0v) is 19.8. The molecule has 0 atom stereocenters. The number of nitrogens with zero attached hydrogens (tertiary/aromatic N) is 2. The first-order valence-corrected chi connectivity index (χ1v) is 11.7. The quantitative estimate of drug-likeness (QED) is 0.0813. The molecule has 5 rings (SSSR count). The maximum atomic E-state index is 14.0. The largest absolute Gasteiger partial charge is 0.416 e. The van der Waals surface area contributed by atoms with Gasteiger partial charge in [-0.25, -0.2) is 18.0 Å². The highest BCUT2D eigenvalue weighted by Crippen LogP contribution is 2.35. The molecule has 38 heavy (non-hydrogen) atoms. The predicted molar refractivity (Wildman–Crippen MR) is 131 cm³/mol. The fraction of sp³-hybridized carbons (Fsp3) is 0. The summed E-state index contributed by atoms with van der Waals surface area (Å²) in [5.41, 5.74) is 2.03. The lowest BCUT2D eigenvalue weighted by atomic mass is 10.2. The van der Waals surface area contributed by atoms with Crippen LogP contribution in [0.1, 0.15) is 21.7 Å². The number of rotatable bonds is 6. The van der Waals surface area contributed by atoms with Crippen molar-refractivity contribution >= 4 is 40.8 Å². The number of H-pyrrole nitrogens is 1. The Morgan fingerprint density at radius 1 is 0.842 bits per heavy atom. The van der Waals surface area contributed by atoms with Crippen LogP contribution in [0.3, 0.4) is 0 Å². The average molecular weight is 539 g/mol. The molecule has 0 saturated heterocycles. The van der Waals surface area contributed by atoms with Crippen molar-refractivity contribution in [2.45, 2.75) is 9.79 Å². The molecule has 11 heteroatoms. The van der Waals surface area contributed by atoms with Gasteiger partial charge in [-0.2, -0.15) is 13.9 Å². The summed E-state index contributed by atoms with van der Waals surface area (Å²) in [5.74, 6) is -14.2. The zero-order chi connectivity index (χ0) is 26.8. The molecule has 1 N–H and O–H groups in total. The van der Waals surface area contributed by atoms with Gasteiger partial charge in [0.2, 0.25) is 34.8 Å². The predicted octanol–water partition coefficient (Wildman–Crippen LogP) is 7.19. The van der Waals surface area contributed by atoms with Crippen LogP contribution in [0.4, 0.5) is 22.0 Å². The number of pyridine rings is 1. The van der Waals surface area contributed by atoms with Crippen molar-refractivity contribution < 1.29 is 31.5 Å². The molecule has 0 aliphatic rings. The number of hydrogen-bond acceptors (Lipinski definition) is 5. The Kier molecular flexibility index (Phi) is 6.93. The fourth-order valence-corrected chi connectivity index (χ4v) is 4.50. The molecule has 5 nitrogen and oxygen atoms in total. The maximum absolute atomic E-state index is 14.0. The lowest BCUT2D eigenvalue weighted by Crippen LogP contribution is -2.14. The van der Waals surface area contributed by atoms with E-state index in [1.807, 2.05) is 36.4 Å². The zero-order valence-electron chi connectivity index (χ0n) is 19.0. The second kappa shape index (κ2) is 10.5. The molecule has 3 aromatic carbocycles. The van der Waals surface area contributed by atoms with Crippen LogP contribution < -0.4 is 4.74 Å². The fourth-order valence-electron chi connectivity index (χ4n) is 3.52. The number of aromatic nitrogens is 3. The van der Waals surface area contributed by atoms with Crippen molar-refractivity contribution in [1.29, 1.82) is 0 Å². The van der Waals surface area contributed by atoms with Crippen molar-refractivity contribution in [1.82, 2.24) is 15.2 Å². The van der Waals surface area contributed by atoms with Gasteiger partial charge < -0.3 is 4.74 Å². The van der Waals surface area contributed by atoms with Gasteiger partial charge in [0.1, 0.15) is 0 Å². The average Bonchev–Trinajstić information content (AvgIpc) is 3.35. The Hall–Kier alpha value is -4.51. The van der Waals surface area contributed by atoms with E-state index in [-0.39, 0.29) is 5.56 Å². The maximum Gasteiger partial charge on any atom is 0.344 e. The Balaban J connectivity index is 1.39. The highest BCUT2D eigenvalue weighted by molar-refractivity contribution is 7.99. The molecule has 2 aromatic heterocycles. The van der Waals surface area contributed by atoms with Crippen LogP contribution >= 0.6 is 11.8 Å². The molecular weight excluding hydrogens is 525 g/mol. The number of hydrogen-bond donors (Lipinski definition) is 1. The van der Waals surface area contributed by atoms with E-state index in [2.05, 4.69) is 19.9 Å². The molecule has 0 spiro atoms. The number of nitrogens with one attached hydrogen (secondary N) is 1. The number of halogens is 5. The molecule has 2 heterocycles. The van der Waals surface area contributed by atoms with Crippen LogP contribution in [0, 0.1) is 29.1 Å². The van der Waals surface area contributed by atoms with E-state index in [9.17, 15) is 26.7 Å². The van der Waals surface area contributed by atoms with Gasteiger partial charge >= 0.3 is 5.97 Å². The summed E-state index contributed by atoms with van der Waals surface area (Å²) in [6, 6.07) is 16.9. The van der Waals surface area contributed by atoms with Gasteiger partial charge in [-0.3, -0.25) is 10.1 Å². The Morgan fingerprint density at radius 3 is 2.29 bits per heavy atom. The van der Waals surface area contributed by atoms with Gasteiger partial charge in [0.15, 0.2) is 0 Å². The third-order valence-corrected chi connectivity index (χ3v) is 6.43. The molecular formula is C27H14F5N3O2S. The van der Waals surface area contributed by atoms with Crippen LogP contribution in [-0.4, -0.2) is 21.2 Å². The third kappa shape index (κ3) is 4.88. The van der Waals surface area contributed by atoms with E-state index in [1.165, 1.54) is 12.1 Å². The van der Waals surface area contributed by atoms with Crippen molar-refractivity contribution in [3.63, 3.8) is 0 Å². The summed E-state index contributed by atoms with van der Waals surface area (Å²) in [7, 11) is 0. The number of benzene rings is 3. The van der Waals surface area contributed by atoms with E-state index >= 15 is 0 Å². The van der Waals surface area contributed by atoms with Gasteiger partial charge in [0.05, 0.1) is 22.5 Å². The molecule has 0 unspecified atom stereocenters. The van der Waals surface area contributed by atoms with E-state index in [0.29, 0.717) is 21.0 Å². The highest BCUT2D eigenvalue weighted by atomic mass is 32.2.